The lowest BCUT2D eigenvalue weighted by Gasteiger charge is -2.23. The van der Waals surface area contributed by atoms with Crippen molar-refractivity contribution in [3.05, 3.63) is 94.5 Å². The van der Waals surface area contributed by atoms with Crippen LogP contribution in [0.4, 0.5) is 0 Å². The monoisotopic (exact) mass is 377 g/mol. The number of benzene rings is 3. The summed E-state index contributed by atoms with van der Waals surface area (Å²) in [7, 11) is 0. The van der Waals surface area contributed by atoms with E-state index in [1.165, 1.54) is 0 Å². The maximum atomic E-state index is 12.7. The number of rotatable bonds is 4. The van der Waals surface area contributed by atoms with Gasteiger partial charge in [-0.1, -0.05) is 72.3 Å². The van der Waals surface area contributed by atoms with Gasteiger partial charge in [0.15, 0.2) is 0 Å². The van der Waals surface area contributed by atoms with Crippen molar-refractivity contribution in [1.82, 2.24) is 5.32 Å². The van der Waals surface area contributed by atoms with E-state index in [1.807, 2.05) is 48.5 Å². The molecule has 0 spiro atoms. The van der Waals surface area contributed by atoms with Gasteiger partial charge in [-0.25, -0.2) is 4.79 Å². The van der Waals surface area contributed by atoms with Crippen LogP contribution in [0.25, 0.3) is 11.1 Å². The summed E-state index contributed by atoms with van der Waals surface area (Å²) in [5.41, 5.74) is 4.04. The Morgan fingerprint density at radius 3 is 1.93 bits per heavy atom. The maximum Gasteiger partial charge on any atom is 0.327 e. The van der Waals surface area contributed by atoms with Crippen LogP contribution in [0.1, 0.15) is 27.4 Å². The number of aliphatic carboxylic acids is 1. The quantitative estimate of drug-likeness (QED) is 0.711. The summed E-state index contributed by atoms with van der Waals surface area (Å²) in [4.78, 5) is 24.8. The fraction of sp³-hybridized carbons (Fsp3) is 0.0909. The average Bonchev–Trinajstić information content (AvgIpc) is 3.00. The minimum atomic E-state index is -1.11. The van der Waals surface area contributed by atoms with Crippen LogP contribution in [0, 0.1) is 0 Å². The second kappa shape index (κ2) is 6.89. The first-order chi connectivity index (χ1) is 13.1. The molecule has 1 amide bonds. The van der Waals surface area contributed by atoms with Crippen LogP contribution in [-0.4, -0.2) is 23.0 Å². The number of fused-ring (bicyclic) bond motifs is 3. The number of carbonyl (C=O) groups is 2. The van der Waals surface area contributed by atoms with E-state index in [4.69, 9.17) is 11.6 Å². The first kappa shape index (κ1) is 17.3. The summed E-state index contributed by atoms with van der Waals surface area (Å²) >= 11 is 6.10. The van der Waals surface area contributed by atoms with E-state index in [0.717, 1.165) is 22.3 Å². The van der Waals surface area contributed by atoms with E-state index in [1.54, 1.807) is 24.3 Å². The highest BCUT2D eigenvalue weighted by Crippen LogP contribution is 2.46. The molecule has 1 aliphatic carbocycles. The summed E-state index contributed by atoms with van der Waals surface area (Å²) < 4.78 is 0. The molecule has 1 atom stereocenters. The Kier molecular flexibility index (Phi) is 4.42. The molecule has 0 saturated carbocycles. The number of carboxylic acids is 1. The van der Waals surface area contributed by atoms with E-state index in [2.05, 4.69) is 5.32 Å². The Labute approximate surface area is 161 Å². The van der Waals surface area contributed by atoms with Gasteiger partial charge in [0.05, 0.1) is 10.6 Å². The van der Waals surface area contributed by atoms with Crippen molar-refractivity contribution < 1.29 is 14.7 Å². The summed E-state index contributed by atoms with van der Waals surface area (Å²) in [6.45, 7) is 0. The predicted octanol–water partition coefficient (Wildman–Crippen LogP) is 4.34. The highest BCUT2D eigenvalue weighted by molar-refractivity contribution is 6.33. The third-order valence-corrected chi connectivity index (χ3v) is 5.22. The van der Waals surface area contributed by atoms with Crippen LogP contribution >= 0.6 is 11.6 Å². The van der Waals surface area contributed by atoms with Crippen molar-refractivity contribution in [1.29, 1.82) is 0 Å². The van der Waals surface area contributed by atoms with Gasteiger partial charge in [0, 0.05) is 5.92 Å². The molecule has 5 heteroatoms. The molecular formula is C22H16ClNO3. The van der Waals surface area contributed by atoms with E-state index in [-0.39, 0.29) is 10.6 Å². The average molecular weight is 378 g/mol. The molecule has 1 aliphatic rings. The van der Waals surface area contributed by atoms with Gasteiger partial charge >= 0.3 is 5.97 Å². The molecular weight excluding hydrogens is 362 g/mol. The molecule has 0 bridgehead atoms. The van der Waals surface area contributed by atoms with Crippen molar-refractivity contribution in [3.63, 3.8) is 0 Å². The Hall–Kier alpha value is -3.11. The zero-order chi connectivity index (χ0) is 19.0. The maximum absolute atomic E-state index is 12.7. The number of carboxylic acid groups (broad SMARTS) is 1. The molecule has 3 aromatic carbocycles. The molecule has 0 aliphatic heterocycles. The van der Waals surface area contributed by atoms with Gasteiger partial charge in [-0.15, -0.1) is 0 Å². The number of hydrogen-bond donors (Lipinski definition) is 2. The molecule has 0 radical (unpaired) electrons. The fourth-order valence-electron chi connectivity index (χ4n) is 3.71. The summed E-state index contributed by atoms with van der Waals surface area (Å²) in [6.07, 6.45) is 0. The normalized spacial score (nSPS) is 13.5. The van der Waals surface area contributed by atoms with Crippen LogP contribution < -0.4 is 5.32 Å². The first-order valence-corrected chi connectivity index (χ1v) is 8.92. The molecule has 0 heterocycles. The van der Waals surface area contributed by atoms with Crippen LogP contribution in [0.2, 0.25) is 5.02 Å². The first-order valence-electron chi connectivity index (χ1n) is 8.54. The SMILES string of the molecule is O=C(N[C@@H](C(=O)O)C1c2ccccc2-c2ccccc21)c1ccccc1Cl. The highest BCUT2D eigenvalue weighted by atomic mass is 35.5. The Balaban J connectivity index is 1.76. The Bertz CT molecular complexity index is 1000. The molecule has 4 nitrogen and oxygen atoms in total. The standard InChI is InChI=1S/C22H16ClNO3/c23-18-12-6-5-11-17(18)21(25)24-20(22(26)27)19-15-9-3-1-7-13(15)14-8-2-4-10-16(14)19/h1-12,19-20H,(H,24,25)(H,26,27)/t20-/m1/s1. The Morgan fingerprint density at radius 1 is 0.852 bits per heavy atom. The molecule has 27 heavy (non-hydrogen) atoms. The summed E-state index contributed by atoms with van der Waals surface area (Å²) in [5.74, 6) is -2.07. The molecule has 0 fully saturated rings. The topological polar surface area (TPSA) is 66.4 Å². The lowest BCUT2D eigenvalue weighted by molar-refractivity contribution is -0.139. The molecule has 0 unspecified atom stereocenters. The number of carbonyl (C=O) groups excluding carboxylic acids is 1. The van der Waals surface area contributed by atoms with Crippen LogP contribution in [0.15, 0.2) is 72.8 Å². The van der Waals surface area contributed by atoms with Crippen molar-refractivity contribution in [2.24, 2.45) is 0 Å². The summed E-state index contributed by atoms with van der Waals surface area (Å²) in [5, 5.41) is 12.9. The van der Waals surface area contributed by atoms with Crippen molar-refractivity contribution in [2.75, 3.05) is 0 Å². The van der Waals surface area contributed by atoms with Gasteiger partial charge in [0.25, 0.3) is 5.91 Å². The third kappa shape index (κ3) is 2.98. The second-order valence-corrected chi connectivity index (χ2v) is 6.83. The number of halogens is 1. The van der Waals surface area contributed by atoms with Gasteiger partial charge < -0.3 is 10.4 Å². The number of hydrogen-bond acceptors (Lipinski definition) is 2. The van der Waals surface area contributed by atoms with Crippen molar-refractivity contribution in [2.45, 2.75) is 12.0 Å². The lowest BCUT2D eigenvalue weighted by Crippen LogP contribution is -2.45. The van der Waals surface area contributed by atoms with Crippen LogP contribution in [0.3, 0.4) is 0 Å². The molecule has 0 aromatic heterocycles. The second-order valence-electron chi connectivity index (χ2n) is 6.42. The van der Waals surface area contributed by atoms with Crippen molar-refractivity contribution >= 4 is 23.5 Å². The van der Waals surface area contributed by atoms with Gasteiger partial charge in [0.2, 0.25) is 0 Å². The molecule has 4 rings (SSSR count). The molecule has 3 aromatic rings. The van der Waals surface area contributed by atoms with Crippen LogP contribution in [0.5, 0.6) is 0 Å². The van der Waals surface area contributed by atoms with E-state index in [0.29, 0.717) is 0 Å². The zero-order valence-electron chi connectivity index (χ0n) is 14.2. The van der Waals surface area contributed by atoms with E-state index < -0.39 is 23.8 Å². The zero-order valence-corrected chi connectivity index (χ0v) is 15.0. The number of amides is 1. The minimum absolute atomic E-state index is 0.255. The largest absolute Gasteiger partial charge is 0.480 e. The van der Waals surface area contributed by atoms with Crippen molar-refractivity contribution in [3.8, 4) is 11.1 Å². The Morgan fingerprint density at radius 2 is 1.37 bits per heavy atom. The van der Waals surface area contributed by atoms with Crippen LogP contribution in [-0.2, 0) is 4.79 Å². The number of nitrogens with one attached hydrogen (secondary N) is 1. The van der Waals surface area contributed by atoms with Gasteiger partial charge in [-0.3, -0.25) is 4.79 Å². The molecule has 134 valence electrons. The van der Waals surface area contributed by atoms with Gasteiger partial charge in [-0.05, 0) is 34.4 Å². The third-order valence-electron chi connectivity index (χ3n) is 4.89. The lowest BCUT2D eigenvalue weighted by atomic mass is 9.89. The highest BCUT2D eigenvalue weighted by Gasteiger charge is 2.39. The fourth-order valence-corrected chi connectivity index (χ4v) is 3.93. The minimum Gasteiger partial charge on any atom is -0.480 e. The molecule has 0 saturated heterocycles. The van der Waals surface area contributed by atoms with E-state index in [9.17, 15) is 14.7 Å². The summed E-state index contributed by atoms with van der Waals surface area (Å²) in [6, 6.07) is 20.9. The van der Waals surface area contributed by atoms with Gasteiger partial charge in [0.1, 0.15) is 6.04 Å². The van der Waals surface area contributed by atoms with Gasteiger partial charge in [-0.2, -0.15) is 0 Å². The smallest absolute Gasteiger partial charge is 0.327 e. The molecule has 2 N–H and O–H groups in total. The van der Waals surface area contributed by atoms with E-state index >= 15 is 0 Å². The predicted molar refractivity (Wildman–Crippen MR) is 104 cm³/mol.